The number of carbonyl (C=O) groups is 1. The number of anilines is 2. The average molecular weight is 377 g/mol. The number of nitrogen functional groups attached to an aromatic ring is 1. The lowest BCUT2D eigenvalue weighted by atomic mass is 10.1. The number of benzene rings is 2. The first-order chi connectivity index (χ1) is 12.7. The topological polar surface area (TPSA) is 67.6 Å². The number of hydrogen-bond donors (Lipinski definition) is 2. The number of halogens is 2. The molecule has 146 valence electrons. The standard InChI is InChI=1S/C20H25F2N3O2/c1-11(2)25(4)19-14(18(27-5)7-6-17(19)23)10-24-20(26)13-8-15(21)12(3)16(22)9-13/h6-9,11H,10,23H2,1-5H3,(H,24,26). The van der Waals surface area contributed by atoms with Crippen LogP contribution in [0, 0.1) is 18.6 Å². The molecule has 0 bridgehead atoms. The monoisotopic (exact) mass is 377 g/mol. The van der Waals surface area contributed by atoms with E-state index in [9.17, 15) is 13.6 Å². The summed E-state index contributed by atoms with van der Waals surface area (Å²) in [5.41, 5.74) is 7.92. The minimum atomic E-state index is -0.762. The number of nitrogens with zero attached hydrogens (tertiary/aromatic N) is 1. The van der Waals surface area contributed by atoms with Gasteiger partial charge in [-0.25, -0.2) is 8.78 Å². The Bertz CT molecular complexity index is 830. The molecule has 2 rings (SSSR count). The molecule has 3 N–H and O–H groups in total. The van der Waals surface area contributed by atoms with Crippen molar-refractivity contribution < 1.29 is 18.3 Å². The van der Waals surface area contributed by atoms with Crippen LogP contribution in [0.25, 0.3) is 0 Å². The van der Waals surface area contributed by atoms with E-state index in [1.165, 1.54) is 14.0 Å². The van der Waals surface area contributed by atoms with Gasteiger partial charge in [0.25, 0.3) is 5.91 Å². The van der Waals surface area contributed by atoms with E-state index in [4.69, 9.17) is 10.5 Å². The zero-order valence-corrected chi connectivity index (χ0v) is 16.2. The second-order valence-electron chi connectivity index (χ2n) is 6.64. The molecular weight excluding hydrogens is 352 g/mol. The summed E-state index contributed by atoms with van der Waals surface area (Å²) in [5.74, 6) is -1.55. The Morgan fingerprint density at radius 3 is 2.37 bits per heavy atom. The highest BCUT2D eigenvalue weighted by Gasteiger charge is 2.19. The summed E-state index contributed by atoms with van der Waals surface area (Å²) in [6, 6.07) is 5.66. The third-order valence-electron chi connectivity index (χ3n) is 4.59. The van der Waals surface area contributed by atoms with Crippen molar-refractivity contribution in [1.82, 2.24) is 5.32 Å². The number of nitrogens with one attached hydrogen (secondary N) is 1. The van der Waals surface area contributed by atoms with Gasteiger partial charge in [0.15, 0.2) is 0 Å². The highest BCUT2D eigenvalue weighted by Crippen LogP contribution is 2.35. The number of amides is 1. The minimum absolute atomic E-state index is 0.0859. The minimum Gasteiger partial charge on any atom is -0.496 e. The molecular formula is C20H25F2N3O2. The highest BCUT2D eigenvalue weighted by atomic mass is 19.1. The third kappa shape index (κ3) is 4.30. The van der Waals surface area contributed by atoms with Gasteiger partial charge >= 0.3 is 0 Å². The third-order valence-corrected chi connectivity index (χ3v) is 4.59. The first kappa shape index (κ1) is 20.5. The maximum absolute atomic E-state index is 13.7. The highest BCUT2D eigenvalue weighted by molar-refractivity contribution is 5.94. The van der Waals surface area contributed by atoms with E-state index in [0.717, 1.165) is 17.8 Å². The fourth-order valence-electron chi connectivity index (χ4n) is 2.72. The van der Waals surface area contributed by atoms with Crippen LogP contribution in [0.4, 0.5) is 20.2 Å². The number of rotatable bonds is 6. The summed E-state index contributed by atoms with van der Waals surface area (Å²) >= 11 is 0. The van der Waals surface area contributed by atoms with Gasteiger partial charge in [-0.05, 0) is 45.0 Å². The van der Waals surface area contributed by atoms with E-state index in [-0.39, 0.29) is 23.7 Å². The molecule has 2 aromatic rings. The van der Waals surface area contributed by atoms with Crippen molar-refractivity contribution in [2.24, 2.45) is 0 Å². The summed E-state index contributed by atoms with van der Waals surface area (Å²) in [4.78, 5) is 14.4. The van der Waals surface area contributed by atoms with Gasteiger partial charge in [0.2, 0.25) is 0 Å². The maximum atomic E-state index is 13.7. The molecule has 0 spiro atoms. The molecule has 0 aliphatic carbocycles. The lowest BCUT2D eigenvalue weighted by Gasteiger charge is -2.29. The van der Waals surface area contributed by atoms with Crippen molar-refractivity contribution in [3.8, 4) is 5.75 Å². The zero-order chi connectivity index (χ0) is 20.3. The summed E-state index contributed by atoms with van der Waals surface area (Å²) in [5, 5.41) is 2.69. The van der Waals surface area contributed by atoms with Gasteiger partial charge in [0.05, 0.1) is 18.5 Å². The van der Waals surface area contributed by atoms with Crippen LogP contribution >= 0.6 is 0 Å². The second kappa shape index (κ2) is 8.24. The quantitative estimate of drug-likeness (QED) is 0.755. The Morgan fingerprint density at radius 1 is 1.26 bits per heavy atom. The van der Waals surface area contributed by atoms with Crippen LogP contribution in [0.3, 0.4) is 0 Å². The fourth-order valence-corrected chi connectivity index (χ4v) is 2.72. The summed E-state index contributed by atoms with van der Waals surface area (Å²) in [7, 11) is 3.42. The summed E-state index contributed by atoms with van der Waals surface area (Å²) in [6.07, 6.45) is 0. The Balaban J connectivity index is 2.34. The van der Waals surface area contributed by atoms with Crippen LogP contribution in [0.2, 0.25) is 0 Å². The Hall–Kier alpha value is -2.83. The molecule has 5 nitrogen and oxygen atoms in total. The fraction of sp³-hybridized carbons (Fsp3) is 0.350. The molecule has 1 amide bonds. The van der Waals surface area contributed by atoms with Crippen molar-refractivity contribution >= 4 is 17.3 Å². The molecule has 0 heterocycles. The lowest BCUT2D eigenvalue weighted by Crippen LogP contribution is -2.30. The van der Waals surface area contributed by atoms with Gasteiger partial charge in [-0.3, -0.25) is 4.79 Å². The zero-order valence-electron chi connectivity index (χ0n) is 16.2. The smallest absolute Gasteiger partial charge is 0.251 e. The maximum Gasteiger partial charge on any atom is 0.251 e. The van der Waals surface area contributed by atoms with Crippen LogP contribution < -0.4 is 20.7 Å². The van der Waals surface area contributed by atoms with Crippen molar-refractivity contribution in [2.75, 3.05) is 24.8 Å². The predicted molar refractivity (Wildman–Crippen MR) is 103 cm³/mol. The van der Waals surface area contributed by atoms with Crippen LogP contribution in [0.5, 0.6) is 5.75 Å². The number of methoxy groups -OCH3 is 1. The van der Waals surface area contributed by atoms with E-state index >= 15 is 0 Å². The van der Waals surface area contributed by atoms with E-state index in [2.05, 4.69) is 5.32 Å². The van der Waals surface area contributed by atoms with Crippen molar-refractivity contribution in [3.63, 3.8) is 0 Å². The number of carbonyl (C=O) groups excluding carboxylic acids is 1. The molecule has 0 aliphatic heterocycles. The molecule has 0 unspecified atom stereocenters. The Labute approximate surface area is 158 Å². The van der Waals surface area contributed by atoms with E-state index in [1.807, 2.05) is 25.8 Å². The van der Waals surface area contributed by atoms with Crippen molar-refractivity contribution in [2.45, 2.75) is 33.4 Å². The number of nitrogens with two attached hydrogens (primary N) is 1. The first-order valence-corrected chi connectivity index (χ1v) is 8.59. The van der Waals surface area contributed by atoms with Crippen LogP contribution in [0.1, 0.15) is 35.3 Å². The van der Waals surface area contributed by atoms with E-state index in [0.29, 0.717) is 17.0 Å². The van der Waals surface area contributed by atoms with Gasteiger partial charge in [-0.1, -0.05) is 0 Å². The SMILES string of the molecule is COc1ccc(N)c(N(C)C(C)C)c1CNC(=O)c1cc(F)c(C)c(F)c1. The predicted octanol–water partition coefficient (Wildman–Crippen LogP) is 3.64. The number of ether oxygens (including phenoxy) is 1. The van der Waals surface area contributed by atoms with Gasteiger partial charge < -0.3 is 20.7 Å². The first-order valence-electron chi connectivity index (χ1n) is 8.59. The molecule has 27 heavy (non-hydrogen) atoms. The molecule has 0 radical (unpaired) electrons. The normalized spacial score (nSPS) is 10.8. The second-order valence-corrected chi connectivity index (χ2v) is 6.64. The van der Waals surface area contributed by atoms with Gasteiger partial charge in [-0.15, -0.1) is 0 Å². The Kier molecular flexibility index (Phi) is 6.25. The number of hydrogen-bond acceptors (Lipinski definition) is 4. The average Bonchev–Trinajstić information content (AvgIpc) is 2.63. The Morgan fingerprint density at radius 2 is 1.85 bits per heavy atom. The van der Waals surface area contributed by atoms with E-state index < -0.39 is 17.5 Å². The largest absolute Gasteiger partial charge is 0.496 e. The molecule has 2 aromatic carbocycles. The van der Waals surface area contributed by atoms with Crippen LogP contribution in [0.15, 0.2) is 24.3 Å². The lowest BCUT2D eigenvalue weighted by molar-refractivity contribution is 0.0949. The van der Waals surface area contributed by atoms with Gasteiger partial charge in [0, 0.05) is 36.3 Å². The molecule has 0 saturated heterocycles. The molecule has 0 saturated carbocycles. The molecule has 0 aromatic heterocycles. The molecule has 0 atom stereocenters. The summed E-state index contributed by atoms with van der Waals surface area (Å²) < 4.78 is 32.9. The van der Waals surface area contributed by atoms with Crippen LogP contribution in [-0.4, -0.2) is 26.1 Å². The summed E-state index contributed by atoms with van der Waals surface area (Å²) in [6.45, 7) is 5.44. The van der Waals surface area contributed by atoms with Gasteiger partial charge in [0.1, 0.15) is 17.4 Å². The molecule has 0 fully saturated rings. The van der Waals surface area contributed by atoms with Crippen molar-refractivity contribution in [1.29, 1.82) is 0 Å². The molecule has 7 heteroatoms. The van der Waals surface area contributed by atoms with Crippen molar-refractivity contribution in [3.05, 3.63) is 52.6 Å². The molecule has 0 aliphatic rings. The van der Waals surface area contributed by atoms with Gasteiger partial charge in [-0.2, -0.15) is 0 Å². The van der Waals surface area contributed by atoms with Crippen LogP contribution in [-0.2, 0) is 6.54 Å². The van der Waals surface area contributed by atoms with E-state index in [1.54, 1.807) is 12.1 Å².